The van der Waals surface area contributed by atoms with Crippen LogP contribution in [0.15, 0.2) is 36.5 Å². The molecule has 4 aromatic rings. The molecule has 0 amide bonds. The lowest BCUT2D eigenvalue weighted by atomic mass is 9.96. The first-order valence-electron chi connectivity index (χ1n) is 10.4. The quantitative estimate of drug-likeness (QED) is 0.536. The van der Waals surface area contributed by atoms with Gasteiger partial charge in [0.2, 0.25) is 5.95 Å². The second kappa shape index (κ2) is 7.03. The van der Waals surface area contributed by atoms with Crippen molar-refractivity contribution in [1.29, 1.82) is 5.26 Å². The Hall–Kier alpha value is -3.59. The SMILES string of the molecule is Cc1ccc(C)n1-c1nc2c(Nc3cnc4c(c3)CCCC4)ccc(C#N)c2n1C. The first kappa shape index (κ1) is 18.4. The van der Waals surface area contributed by atoms with E-state index in [2.05, 4.69) is 53.0 Å². The first-order chi connectivity index (χ1) is 14.6. The molecule has 1 aromatic carbocycles. The molecule has 0 saturated carbocycles. The molecule has 6 nitrogen and oxygen atoms in total. The van der Waals surface area contributed by atoms with Crippen LogP contribution < -0.4 is 5.32 Å². The van der Waals surface area contributed by atoms with Crippen LogP contribution in [-0.4, -0.2) is 19.1 Å². The number of aryl methyl sites for hydroxylation is 5. The zero-order chi connectivity index (χ0) is 20.8. The summed E-state index contributed by atoms with van der Waals surface area (Å²) in [7, 11) is 1.97. The minimum atomic E-state index is 0.614. The molecule has 0 atom stereocenters. The van der Waals surface area contributed by atoms with Gasteiger partial charge >= 0.3 is 0 Å². The predicted molar refractivity (Wildman–Crippen MR) is 118 cm³/mol. The van der Waals surface area contributed by atoms with E-state index in [9.17, 15) is 5.26 Å². The number of hydrogen-bond acceptors (Lipinski definition) is 4. The molecule has 3 aromatic heterocycles. The van der Waals surface area contributed by atoms with E-state index >= 15 is 0 Å². The van der Waals surface area contributed by atoms with Gasteiger partial charge in [0.15, 0.2) is 0 Å². The van der Waals surface area contributed by atoms with Crippen molar-refractivity contribution >= 4 is 22.4 Å². The first-order valence-corrected chi connectivity index (χ1v) is 10.4. The fourth-order valence-electron chi connectivity index (χ4n) is 4.49. The van der Waals surface area contributed by atoms with Gasteiger partial charge in [-0.05, 0) is 75.4 Å². The highest BCUT2D eigenvalue weighted by atomic mass is 15.2. The van der Waals surface area contributed by atoms with E-state index in [0.717, 1.165) is 52.6 Å². The molecular formula is C24H24N6. The number of nitriles is 1. The average molecular weight is 396 g/mol. The molecule has 0 fully saturated rings. The zero-order valence-electron chi connectivity index (χ0n) is 17.5. The Kier molecular flexibility index (Phi) is 4.32. The predicted octanol–water partition coefficient (Wildman–Crippen LogP) is 4.87. The average Bonchev–Trinajstić information content (AvgIpc) is 3.27. The third-order valence-corrected chi connectivity index (χ3v) is 6.04. The van der Waals surface area contributed by atoms with E-state index in [-0.39, 0.29) is 0 Å². The summed E-state index contributed by atoms with van der Waals surface area (Å²) in [6.07, 6.45) is 6.49. The molecule has 0 radical (unpaired) electrons. The summed E-state index contributed by atoms with van der Waals surface area (Å²) in [6.45, 7) is 4.13. The van der Waals surface area contributed by atoms with Gasteiger partial charge in [-0.15, -0.1) is 0 Å². The second-order valence-corrected chi connectivity index (χ2v) is 8.05. The third kappa shape index (κ3) is 2.86. The van der Waals surface area contributed by atoms with E-state index in [1.54, 1.807) is 0 Å². The number of pyridine rings is 1. The van der Waals surface area contributed by atoms with Crippen LogP contribution in [0.2, 0.25) is 0 Å². The number of rotatable bonds is 3. The highest BCUT2D eigenvalue weighted by Gasteiger charge is 2.19. The lowest BCUT2D eigenvalue weighted by molar-refractivity contribution is 0.668. The summed E-state index contributed by atoms with van der Waals surface area (Å²) in [5.41, 5.74) is 8.84. The Balaban J connectivity index is 1.65. The number of hydrogen-bond donors (Lipinski definition) is 1. The summed E-state index contributed by atoms with van der Waals surface area (Å²) in [5, 5.41) is 13.2. The maximum absolute atomic E-state index is 9.69. The molecule has 3 heterocycles. The Labute approximate surface area is 175 Å². The van der Waals surface area contributed by atoms with Gasteiger partial charge in [-0.1, -0.05) is 0 Å². The normalized spacial score (nSPS) is 13.3. The molecule has 0 bridgehead atoms. The van der Waals surface area contributed by atoms with E-state index < -0.39 is 0 Å². The largest absolute Gasteiger partial charge is 0.352 e. The van der Waals surface area contributed by atoms with E-state index in [0.29, 0.717) is 5.56 Å². The van der Waals surface area contributed by atoms with Gasteiger partial charge in [-0.25, -0.2) is 4.98 Å². The van der Waals surface area contributed by atoms with Crippen molar-refractivity contribution in [2.24, 2.45) is 7.05 Å². The fraction of sp³-hybridized carbons (Fsp3) is 0.292. The number of imidazole rings is 1. The fourth-order valence-corrected chi connectivity index (χ4v) is 4.49. The third-order valence-electron chi connectivity index (χ3n) is 6.04. The van der Waals surface area contributed by atoms with Gasteiger partial charge in [0.25, 0.3) is 0 Å². The number of nitrogens with one attached hydrogen (secondary N) is 1. The maximum atomic E-state index is 9.69. The van der Waals surface area contributed by atoms with Crippen LogP contribution in [0.5, 0.6) is 0 Å². The topological polar surface area (TPSA) is 71.5 Å². The summed E-state index contributed by atoms with van der Waals surface area (Å²) < 4.78 is 4.12. The highest BCUT2D eigenvalue weighted by Crippen LogP contribution is 2.32. The molecule has 0 saturated heterocycles. The van der Waals surface area contributed by atoms with Crippen molar-refractivity contribution in [3.8, 4) is 12.0 Å². The molecular weight excluding hydrogens is 372 g/mol. The minimum absolute atomic E-state index is 0.614. The Morgan fingerprint density at radius 2 is 1.83 bits per heavy atom. The van der Waals surface area contributed by atoms with Gasteiger partial charge < -0.3 is 9.88 Å². The number of benzene rings is 1. The molecule has 0 unspecified atom stereocenters. The highest BCUT2D eigenvalue weighted by molar-refractivity contribution is 5.95. The van der Waals surface area contributed by atoms with Gasteiger partial charge in [-0.2, -0.15) is 5.26 Å². The number of fused-ring (bicyclic) bond motifs is 2. The zero-order valence-corrected chi connectivity index (χ0v) is 17.5. The molecule has 150 valence electrons. The van der Waals surface area contributed by atoms with Crippen LogP contribution in [0.3, 0.4) is 0 Å². The second-order valence-electron chi connectivity index (χ2n) is 8.05. The molecule has 1 aliphatic carbocycles. The molecule has 0 aliphatic heterocycles. The lowest BCUT2D eigenvalue weighted by Crippen LogP contribution is -2.06. The standard InChI is InChI=1S/C24H24N6/c1-15-8-9-16(2)30(15)24-28-22-21(11-10-18(13-25)23(22)29(24)3)27-19-12-17-6-4-5-7-20(17)26-14-19/h8-12,14,27H,4-7H2,1-3H3. The van der Waals surface area contributed by atoms with Gasteiger partial charge in [0.05, 0.1) is 28.7 Å². The number of nitrogens with zero attached hydrogens (tertiary/aromatic N) is 5. The van der Waals surface area contributed by atoms with E-state index in [1.807, 2.05) is 29.9 Å². The van der Waals surface area contributed by atoms with Crippen LogP contribution in [0.25, 0.3) is 17.0 Å². The van der Waals surface area contributed by atoms with Crippen molar-refractivity contribution in [3.05, 3.63) is 64.7 Å². The maximum Gasteiger partial charge on any atom is 0.215 e. The monoisotopic (exact) mass is 396 g/mol. The summed E-state index contributed by atoms with van der Waals surface area (Å²) in [4.78, 5) is 9.63. The summed E-state index contributed by atoms with van der Waals surface area (Å²) in [5.74, 6) is 0.805. The van der Waals surface area contributed by atoms with E-state index in [1.165, 1.54) is 24.1 Å². The van der Waals surface area contributed by atoms with Gasteiger partial charge in [0.1, 0.15) is 11.6 Å². The van der Waals surface area contributed by atoms with Crippen LogP contribution in [-0.2, 0) is 19.9 Å². The van der Waals surface area contributed by atoms with Crippen LogP contribution in [0.1, 0.15) is 41.1 Å². The van der Waals surface area contributed by atoms with Crippen molar-refractivity contribution in [3.63, 3.8) is 0 Å². The van der Waals surface area contributed by atoms with E-state index in [4.69, 9.17) is 4.98 Å². The molecule has 1 N–H and O–H groups in total. The number of anilines is 2. The number of aromatic nitrogens is 4. The molecule has 1 aliphatic rings. The lowest BCUT2D eigenvalue weighted by Gasteiger charge is -2.16. The molecule has 5 rings (SSSR count). The molecule has 30 heavy (non-hydrogen) atoms. The van der Waals surface area contributed by atoms with Crippen molar-refractivity contribution in [2.45, 2.75) is 39.5 Å². The van der Waals surface area contributed by atoms with Crippen LogP contribution >= 0.6 is 0 Å². The van der Waals surface area contributed by atoms with Crippen molar-refractivity contribution in [2.75, 3.05) is 5.32 Å². The summed E-state index contributed by atoms with van der Waals surface area (Å²) in [6, 6.07) is 12.5. The Morgan fingerprint density at radius 3 is 2.60 bits per heavy atom. The summed E-state index contributed by atoms with van der Waals surface area (Å²) >= 11 is 0. The minimum Gasteiger partial charge on any atom is -0.352 e. The van der Waals surface area contributed by atoms with Gasteiger partial charge in [-0.3, -0.25) is 9.55 Å². The molecule has 6 heteroatoms. The smallest absolute Gasteiger partial charge is 0.215 e. The van der Waals surface area contributed by atoms with Crippen LogP contribution in [0.4, 0.5) is 11.4 Å². The molecule has 0 spiro atoms. The van der Waals surface area contributed by atoms with Crippen molar-refractivity contribution in [1.82, 2.24) is 19.1 Å². The Bertz CT molecular complexity index is 1300. The van der Waals surface area contributed by atoms with Crippen molar-refractivity contribution < 1.29 is 0 Å². The Morgan fingerprint density at radius 1 is 1.07 bits per heavy atom. The van der Waals surface area contributed by atoms with Crippen LogP contribution in [0, 0.1) is 25.2 Å². The van der Waals surface area contributed by atoms with Gasteiger partial charge in [0, 0.05) is 24.1 Å².